The van der Waals surface area contributed by atoms with Crippen molar-refractivity contribution >= 4 is 32.4 Å². The largest absolute Gasteiger partial charge is 0.338 e. The number of hydrogen-bond donors (Lipinski definition) is 0. The van der Waals surface area contributed by atoms with Crippen molar-refractivity contribution in [1.29, 1.82) is 0 Å². The molecule has 3 heterocycles. The molecule has 150 valence electrons. The highest BCUT2D eigenvalue weighted by atomic mass is 32.2. The zero-order chi connectivity index (χ0) is 19.7. The minimum absolute atomic E-state index is 0.0338. The van der Waals surface area contributed by atoms with Crippen molar-refractivity contribution in [3.63, 3.8) is 0 Å². The van der Waals surface area contributed by atoms with Crippen LogP contribution in [0.2, 0.25) is 0 Å². The topological polar surface area (TPSA) is 73.8 Å². The molecule has 2 saturated heterocycles. The van der Waals surface area contributed by atoms with Crippen LogP contribution in [0.15, 0.2) is 40.7 Å². The molecule has 28 heavy (non-hydrogen) atoms. The van der Waals surface area contributed by atoms with Crippen LogP contribution in [0, 0.1) is 5.82 Å². The minimum atomic E-state index is -3.68. The van der Waals surface area contributed by atoms with E-state index in [-0.39, 0.29) is 29.9 Å². The van der Waals surface area contributed by atoms with Crippen molar-refractivity contribution in [3.05, 3.63) is 41.7 Å². The molecule has 0 saturated carbocycles. The van der Waals surface area contributed by atoms with Gasteiger partial charge in [-0.2, -0.15) is 4.31 Å². The third-order valence-electron chi connectivity index (χ3n) is 5.20. The maximum Gasteiger partial charge on any atom is 0.245 e. The molecule has 0 bridgehead atoms. The monoisotopic (exact) mass is 424 g/mol. The van der Waals surface area contributed by atoms with Gasteiger partial charge in [0.25, 0.3) is 0 Å². The van der Waals surface area contributed by atoms with Gasteiger partial charge in [0, 0.05) is 44.3 Å². The first-order valence-electron chi connectivity index (χ1n) is 9.17. The Morgan fingerprint density at radius 3 is 2.46 bits per heavy atom. The second-order valence-electron chi connectivity index (χ2n) is 6.85. The van der Waals surface area contributed by atoms with Crippen LogP contribution in [-0.4, -0.2) is 67.3 Å². The number of thiazole rings is 1. The molecule has 1 amide bonds. The Kier molecular flexibility index (Phi) is 5.35. The second-order valence-corrected chi connectivity index (χ2v) is 9.66. The molecule has 2 aliphatic heterocycles. The molecule has 1 aromatic carbocycles. The Bertz CT molecular complexity index is 926. The third-order valence-corrected chi connectivity index (χ3v) is 7.93. The summed E-state index contributed by atoms with van der Waals surface area (Å²) in [6.45, 7) is 1.97. The van der Waals surface area contributed by atoms with Crippen molar-refractivity contribution in [2.75, 3.05) is 37.6 Å². The van der Waals surface area contributed by atoms with E-state index in [1.54, 1.807) is 11.1 Å². The Balaban J connectivity index is 1.41. The van der Waals surface area contributed by atoms with Crippen LogP contribution in [0.1, 0.15) is 12.8 Å². The van der Waals surface area contributed by atoms with Gasteiger partial charge in [-0.05, 0) is 37.1 Å². The van der Waals surface area contributed by atoms with Gasteiger partial charge in [-0.15, -0.1) is 11.3 Å². The number of amides is 1. The van der Waals surface area contributed by atoms with Crippen LogP contribution in [0.3, 0.4) is 0 Å². The molecule has 0 N–H and O–H groups in total. The first kappa shape index (κ1) is 19.3. The van der Waals surface area contributed by atoms with E-state index in [1.807, 2.05) is 5.38 Å². The molecule has 4 rings (SSSR count). The maximum absolute atomic E-state index is 13.1. The fourth-order valence-electron chi connectivity index (χ4n) is 3.73. The number of benzene rings is 1. The highest BCUT2D eigenvalue weighted by Gasteiger charge is 2.37. The van der Waals surface area contributed by atoms with Crippen molar-refractivity contribution in [3.8, 4) is 0 Å². The highest BCUT2D eigenvalue weighted by Crippen LogP contribution is 2.28. The van der Waals surface area contributed by atoms with E-state index in [0.29, 0.717) is 13.1 Å². The van der Waals surface area contributed by atoms with Gasteiger partial charge in [-0.3, -0.25) is 4.79 Å². The van der Waals surface area contributed by atoms with Crippen molar-refractivity contribution in [2.45, 2.75) is 23.8 Å². The summed E-state index contributed by atoms with van der Waals surface area (Å²) in [4.78, 5) is 21.2. The van der Waals surface area contributed by atoms with Gasteiger partial charge >= 0.3 is 0 Å². The number of sulfonamides is 1. The van der Waals surface area contributed by atoms with E-state index in [2.05, 4.69) is 9.88 Å². The number of carbonyl (C=O) groups is 1. The van der Waals surface area contributed by atoms with Crippen LogP contribution in [0.4, 0.5) is 9.52 Å². The van der Waals surface area contributed by atoms with Gasteiger partial charge in [-0.1, -0.05) is 0 Å². The number of nitrogens with zero attached hydrogens (tertiary/aromatic N) is 4. The molecular formula is C18H21FN4O3S2. The smallest absolute Gasteiger partial charge is 0.245 e. The summed E-state index contributed by atoms with van der Waals surface area (Å²) in [5.74, 6) is -0.442. The average molecular weight is 425 g/mol. The summed E-state index contributed by atoms with van der Waals surface area (Å²) in [7, 11) is -3.68. The van der Waals surface area contributed by atoms with Crippen molar-refractivity contribution in [2.24, 2.45) is 0 Å². The number of carbonyl (C=O) groups excluding carboxylic acids is 1. The minimum Gasteiger partial charge on any atom is -0.338 e. The van der Waals surface area contributed by atoms with E-state index < -0.39 is 15.8 Å². The highest BCUT2D eigenvalue weighted by molar-refractivity contribution is 7.89. The molecule has 2 fully saturated rings. The van der Waals surface area contributed by atoms with Crippen LogP contribution < -0.4 is 4.90 Å². The lowest BCUT2D eigenvalue weighted by Crippen LogP contribution is -2.54. The Labute approximate surface area is 167 Å². The number of hydrogen-bond acceptors (Lipinski definition) is 6. The molecule has 0 spiro atoms. The standard InChI is InChI=1S/C18H21FN4O3S2/c19-14-3-5-15(6-4-14)28(25,26)22-11-9-21(10-12-22)17(24)16-2-1-8-23(16)18-20-7-13-27-18/h3-7,13,16H,1-2,8-12H2. The Morgan fingerprint density at radius 2 is 1.82 bits per heavy atom. The summed E-state index contributed by atoms with van der Waals surface area (Å²) >= 11 is 1.52. The van der Waals surface area contributed by atoms with Gasteiger partial charge in [0.05, 0.1) is 4.90 Å². The Hall–Kier alpha value is -2.04. The van der Waals surface area contributed by atoms with Crippen LogP contribution in [-0.2, 0) is 14.8 Å². The zero-order valence-corrected chi connectivity index (χ0v) is 16.8. The number of halogens is 1. The van der Waals surface area contributed by atoms with Gasteiger partial charge in [0.1, 0.15) is 11.9 Å². The SMILES string of the molecule is O=C(C1CCCN1c1nccs1)N1CCN(S(=O)(=O)c2ccc(F)cc2)CC1. The second kappa shape index (κ2) is 7.76. The zero-order valence-electron chi connectivity index (χ0n) is 15.2. The lowest BCUT2D eigenvalue weighted by atomic mass is 10.2. The quantitative estimate of drug-likeness (QED) is 0.748. The first-order chi connectivity index (χ1) is 13.5. The van der Waals surface area contributed by atoms with E-state index in [0.717, 1.165) is 36.7 Å². The predicted octanol–water partition coefficient (Wildman–Crippen LogP) is 1.78. The summed E-state index contributed by atoms with van der Waals surface area (Å²) < 4.78 is 39.9. The molecule has 0 radical (unpaired) electrons. The molecule has 0 aliphatic carbocycles. The van der Waals surface area contributed by atoms with Gasteiger partial charge < -0.3 is 9.80 Å². The summed E-state index contributed by atoms with van der Waals surface area (Å²) in [6.07, 6.45) is 3.46. The van der Waals surface area contributed by atoms with Gasteiger partial charge in [0.2, 0.25) is 15.9 Å². The maximum atomic E-state index is 13.1. The van der Waals surface area contributed by atoms with Crippen molar-refractivity contribution < 1.29 is 17.6 Å². The number of rotatable bonds is 4. The van der Waals surface area contributed by atoms with Gasteiger partial charge in [-0.25, -0.2) is 17.8 Å². The molecule has 2 aliphatic rings. The molecule has 7 nitrogen and oxygen atoms in total. The fraction of sp³-hybridized carbons (Fsp3) is 0.444. The molecule has 1 atom stereocenters. The summed E-state index contributed by atoms with van der Waals surface area (Å²) in [5, 5.41) is 2.75. The van der Waals surface area contributed by atoms with E-state index in [1.165, 1.54) is 27.8 Å². The molecule has 1 unspecified atom stereocenters. The van der Waals surface area contributed by atoms with Crippen LogP contribution >= 0.6 is 11.3 Å². The number of anilines is 1. The van der Waals surface area contributed by atoms with Crippen LogP contribution in [0.5, 0.6) is 0 Å². The van der Waals surface area contributed by atoms with E-state index >= 15 is 0 Å². The first-order valence-corrected chi connectivity index (χ1v) is 11.5. The van der Waals surface area contributed by atoms with Crippen LogP contribution in [0.25, 0.3) is 0 Å². The number of aromatic nitrogens is 1. The lowest BCUT2D eigenvalue weighted by Gasteiger charge is -2.36. The molecule has 1 aromatic heterocycles. The number of piperazine rings is 1. The summed E-state index contributed by atoms with van der Waals surface area (Å²) in [6, 6.07) is 4.59. The molecular weight excluding hydrogens is 403 g/mol. The van der Waals surface area contributed by atoms with Crippen molar-refractivity contribution in [1.82, 2.24) is 14.2 Å². The lowest BCUT2D eigenvalue weighted by molar-refractivity contribution is -0.133. The van der Waals surface area contributed by atoms with E-state index in [9.17, 15) is 17.6 Å². The summed E-state index contributed by atoms with van der Waals surface area (Å²) in [5.41, 5.74) is 0. The molecule has 10 heteroatoms. The fourth-order valence-corrected chi connectivity index (χ4v) is 5.87. The Morgan fingerprint density at radius 1 is 1.11 bits per heavy atom. The third kappa shape index (κ3) is 3.63. The normalized spacial score (nSPS) is 21.2. The van der Waals surface area contributed by atoms with E-state index in [4.69, 9.17) is 0 Å². The molecule has 2 aromatic rings. The predicted molar refractivity (Wildman–Crippen MR) is 104 cm³/mol. The average Bonchev–Trinajstić information content (AvgIpc) is 3.39. The van der Waals surface area contributed by atoms with Gasteiger partial charge in [0.15, 0.2) is 5.13 Å².